The van der Waals surface area contributed by atoms with Crippen LogP contribution in [0.3, 0.4) is 0 Å². The molecule has 2 rings (SSSR count). The maximum atomic E-state index is 12.6. The van der Waals surface area contributed by atoms with E-state index in [1.807, 2.05) is 20.9 Å². The molecule has 1 N–H and O–H groups in total. The number of carbonyl (C=O) groups excluding carboxylic acids is 1. The normalized spacial score (nSPS) is 34.0. The predicted molar refractivity (Wildman–Crippen MR) is 73.5 cm³/mol. The molecule has 20 heavy (non-hydrogen) atoms. The molecule has 2 aliphatic rings. The van der Waals surface area contributed by atoms with Crippen LogP contribution in [0.25, 0.3) is 0 Å². The lowest BCUT2D eigenvalue weighted by atomic mass is 9.92. The van der Waals surface area contributed by atoms with Crippen LogP contribution in [0.1, 0.15) is 33.1 Å². The van der Waals surface area contributed by atoms with Gasteiger partial charge in [0.15, 0.2) is 0 Å². The SMILES string of the molecule is CC1OCCC1N(C)C(=O)N1CCC(C(=O)O)CC1C. The quantitative estimate of drug-likeness (QED) is 0.832. The molecule has 2 fully saturated rings. The van der Waals surface area contributed by atoms with E-state index in [1.54, 1.807) is 9.80 Å². The van der Waals surface area contributed by atoms with E-state index in [9.17, 15) is 9.59 Å². The second-order valence-electron chi connectivity index (χ2n) is 5.93. The van der Waals surface area contributed by atoms with Gasteiger partial charge in [0.25, 0.3) is 0 Å². The third kappa shape index (κ3) is 2.90. The molecule has 0 spiro atoms. The number of nitrogens with zero attached hydrogens (tertiary/aromatic N) is 2. The number of aliphatic carboxylic acids is 1. The fourth-order valence-electron chi connectivity index (χ4n) is 3.25. The third-order valence-electron chi connectivity index (χ3n) is 4.61. The van der Waals surface area contributed by atoms with E-state index in [2.05, 4.69) is 0 Å². The Labute approximate surface area is 119 Å². The van der Waals surface area contributed by atoms with Crippen molar-refractivity contribution in [3.8, 4) is 0 Å². The van der Waals surface area contributed by atoms with Crippen LogP contribution < -0.4 is 0 Å². The molecular weight excluding hydrogens is 260 g/mol. The van der Waals surface area contributed by atoms with Crippen molar-refractivity contribution in [3.05, 3.63) is 0 Å². The van der Waals surface area contributed by atoms with Gasteiger partial charge in [0, 0.05) is 26.2 Å². The summed E-state index contributed by atoms with van der Waals surface area (Å²) in [6.45, 7) is 5.13. The van der Waals surface area contributed by atoms with Crippen LogP contribution in [-0.4, -0.2) is 65.3 Å². The van der Waals surface area contributed by atoms with Crippen molar-refractivity contribution in [3.63, 3.8) is 0 Å². The van der Waals surface area contributed by atoms with Crippen LogP contribution in [0.15, 0.2) is 0 Å². The molecular formula is C14H24N2O4. The van der Waals surface area contributed by atoms with Crippen molar-refractivity contribution in [1.29, 1.82) is 0 Å². The monoisotopic (exact) mass is 284 g/mol. The summed E-state index contributed by atoms with van der Waals surface area (Å²) in [6.07, 6.45) is 2.00. The molecule has 0 radical (unpaired) electrons. The molecule has 4 atom stereocenters. The lowest BCUT2D eigenvalue weighted by Crippen LogP contribution is -2.54. The summed E-state index contributed by atoms with van der Waals surface area (Å²) in [7, 11) is 1.81. The first-order valence-corrected chi connectivity index (χ1v) is 7.29. The summed E-state index contributed by atoms with van der Waals surface area (Å²) >= 11 is 0. The van der Waals surface area contributed by atoms with Crippen molar-refractivity contribution < 1.29 is 19.4 Å². The Kier molecular flexibility index (Phi) is 4.52. The molecule has 2 saturated heterocycles. The zero-order chi connectivity index (χ0) is 14.9. The lowest BCUT2D eigenvalue weighted by molar-refractivity contribution is -0.143. The van der Waals surface area contributed by atoms with Gasteiger partial charge in [0.1, 0.15) is 0 Å². The second-order valence-corrected chi connectivity index (χ2v) is 5.93. The first kappa shape index (κ1) is 15.1. The Balaban J connectivity index is 1.97. The van der Waals surface area contributed by atoms with E-state index in [0.29, 0.717) is 26.0 Å². The number of hydrogen-bond acceptors (Lipinski definition) is 3. The van der Waals surface area contributed by atoms with Crippen molar-refractivity contribution in [2.24, 2.45) is 5.92 Å². The fraction of sp³-hybridized carbons (Fsp3) is 0.857. The van der Waals surface area contributed by atoms with Gasteiger partial charge in [-0.25, -0.2) is 4.79 Å². The van der Waals surface area contributed by atoms with Gasteiger partial charge >= 0.3 is 12.0 Å². The molecule has 0 aromatic heterocycles. The zero-order valence-electron chi connectivity index (χ0n) is 12.4. The van der Waals surface area contributed by atoms with E-state index in [1.165, 1.54) is 0 Å². The fourth-order valence-corrected chi connectivity index (χ4v) is 3.25. The van der Waals surface area contributed by atoms with E-state index < -0.39 is 5.97 Å². The van der Waals surface area contributed by atoms with Gasteiger partial charge in [-0.3, -0.25) is 4.79 Å². The molecule has 4 unspecified atom stereocenters. The summed E-state index contributed by atoms with van der Waals surface area (Å²) in [4.78, 5) is 27.2. The molecule has 6 nitrogen and oxygen atoms in total. The second kappa shape index (κ2) is 5.99. The molecule has 0 aliphatic carbocycles. The maximum absolute atomic E-state index is 12.6. The highest BCUT2D eigenvalue weighted by Crippen LogP contribution is 2.26. The Morgan fingerprint density at radius 3 is 2.50 bits per heavy atom. The molecule has 2 heterocycles. The smallest absolute Gasteiger partial charge is 0.320 e. The van der Waals surface area contributed by atoms with Crippen LogP contribution >= 0.6 is 0 Å². The number of urea groups is 1. The molecule has 0 saturated carbocycles. The number of carboxylic acid groups (broad SMARTS) is 1. The number of piperidine rings is 1. The van der Waals surface area contributed by atoms with Gasteiger partial charge in [-0.1, -0.05) is 0 Å². The van der Waals surface area contributed by atoms with Gasteiger partial charge in [0.05, 0.1) is 18.1 Å². The van der Waals surface area contributed by atoms with E-state index >= 15 is 0 Å². The number of rotatable bonds is 2. The number of ether oxygens (including phenoxy) is 1. The van der Waals surface area contributed by atoms with Gasteiger partial charge < -0.3 is 19.6 Å². The van der Waals surface area contributed by atoms with E-state index in [0.717, 1.165) is 6.42 Å². The molecule has 0 aromatic rings. The first-order chi connectivity index (χ1) is 9.41. The summed E-state index contributed by atoms with van der Waals surface area (Å²) in [5.74, 6) is -1.08. The van der Waals surface area contributed by atoms with Crippen LogP contribution in [0.4, 0.5) is 4.79 Å². The largest absolute Gasteiger partial charge is 0.481 e. The average molecular weight is 284 g/mol. The van der Waals surface area contributed by atoms with Crippen LogP contribution in [0, 0.1) is 5.92 Å². The van der Waals surface area contributed by atoms with Gasteiger partial charge in [-0.2, -0.15) is 0 Å². The molecule has 2 aliphatic heterocycles. The van der Waals surface area contributed by atoms with Crippen LogP contribution in [-0.2, 0) is 9.53 Å². The number of carbonyl (C=O) groups is 2. The minimum absolute atomic E-state index is 0.0105. The molecule has 0 bridgehead atoms. The van der Waals surface area contributed by atoms with Gasteiger partial charge in [-0.15, -0.1) is 0 Å². The topological polar surface area (TPSA) is 70.1 Å². The molecule has 114 valence electrons. The number of amides is 2. The van der Waals surface area contributed by atoms with Crippen molar-refractivity contribution in [1.82, 2.24) is 9.80 Å². The summed E-state index contributed by atoms with van der Waals surface area (Å²) in [6, 6.07) is 0.0769. The van der Waals surface area contributed by atoms with Crippen molar-refractivity contribution in [2.75, 3.05) is 20.2 Å². The zero-order valence-corrected chi connectivity index (χ0v) is 12.4. The predicted octanol–water partition coefficient (Wildman–Crippen LogP) is 1.40. The Bertz CT molecular complexity index is 387. The van der Waals surface area contributed by atoms with E-state index in [4.69, 9.17) is 9.84 Å². The minimum atomic E-state index is -0.755. The Hall–Kier alpha value is -1.30. The van der Waals surface area contributed by atoms with Gasteiger partial charge in [0.2, 0.25) is 0 Å². The van der Waals surface area contributed by atoms with Crippen molar-refractivity contribution in [2.45, 2.75) is 51.3 Å². The van der Waals surface area contributed by atoms with Crippen LogP contribution in [0.2, 0.25) is 0 Å². The molecule has 6 heteroatoms. The molecule has 2 amide bonds. The maximum Gasteiger partial charge on any atom is 0.320 e. The van der Waals surface area contributed by atoms with E-state index in [-0.39, 0.29) is 30.1 Å². The third-order valence-corrected chi connectivity index (χ3v) is 4.61. The first-order valence-electron chi connectivity index (χ1n) is 7.29. The average Bonchev–Trinajstić information content (AvgIpc) is 2.83. The summed E-state index contributed by atoms with van der Waals surface area (Å²) in [5, 5.41) is 9.07. The number of hydrogen-bond donors (Lipinski definition) is 1. The minimum Gasteiger partial charge on any atom is -0.481 e. The van der Waals surface area contributed by atoms with Gasteiger partial charge in [-0.05, 0) is 33.1 Å². The molecule has 0 aromatic carbocycles. The Morgan fingerprint density at radius 2 is 2.00 bits per heavy atom. The highest BCUT2D eigenvalue weighted by molar-refractivity contribution is 5.76. The summed E-state index contributed by atoms with van der Waals surface area (Å²) < 4.78 is 5.51. The highest BCUT2D eigenvalue weighted by Gasteiger charge is 2.37. The summed E-state index contributed by atoms with van der Waals surface area (Å²) in [5.41, 5.74) is 0. The highest BCUT2D eigenvalue weighted by atomic mass is 16.5. The van der Waals surface area contributed by atoms with Crippen LogP contribution in [0.5, 0.6) is 0 Å². The number of likely N-dealkylation sites (N-methyl/N-ethyl adjacent to an activating group) is 1. The van der Waals surface area contributed by atoms with Crippen molar-refractivity contribution >= 4 is 12.0 Å². The number of likely N-dealkylation sites (tertiary alicyclic amines) is 1. The standard InChI is InChI=1S/C14H24N2O4/c1-9-8-11(13(17)18)4-6-16(9)14(19)15(3)12-5-7-20-10(12)2/h9-12H,4-8H2,1-3H3,(H,17,18). The lowest BCUT2D eigenvalue weighted by Gasteiger charge is -2.40. The number of carboxylic acids is 1. The Morgan fingerprint density at radius 1 is 1.30 bits per heavy atom.